The maximum atomic E-state index is 14.3. The van der Waals surface area contributed by atoms with Crippen molar-refractivity contribution in [3.8, 4) is 5.75 Å². The zero-order chi connectivity index (χ0) is 39.6. The van der Waals surface area contributed by atoms with Crippen molar-refractivity contribution in [2.45, 2.75) is 136 Å². The molecule has 2 heterocycles. The van der Waals surface area contributed by atoms with Gasteiger partial charge in [0.2, 0.25) is 17.7 Å². The number of likely N-dealkylation sites (N-methyl/N-ethyl adjacent to an activating group) is 1. The van der Waals surface area contributed by atoms with Crippen LogP contribution in [0.1, 0.15) is 92.6 Å². The molecule has 0 unspecified atom stereocenters. The highest BCUT2D eigenvalue weighted by Crippen LogP contribution is 2.25. The minimum Gasteiger partial charge on any atom is -0.497 e. The zero-order valence-electron chi connectivity index (χ0n) is 32.9. The standard InChI is InChI=1S/C39H61N5O9/c1-10-24(6)28-17-18-32(45)53-34(23(4)5)36(47)42-29(20-22(2)3)37(48)44-19-11-12-30(44)38(49)43(8)31(21-26-13-15-27(51-9)16-14-26)39(50)52-25(7)33(40)35(46)41-28/h13-16,22-25,28-31,33-34H,10-12,17-21,40H2,1-9H3,(H,41,46)(H,42,47)/t24-,25+,28-,29-,30-,31-,33-,34-/m0/s1. The van der Waals surface area contributed by atoms with E-state index in [0.29, 0.717) is 25.0 Å². The number of carbonyl (C=O) groups is 6. The molecule has 0 spiro atoms. The molecule has 3 rings (SSSR count). The summed E-state index contributed by atoms with van der Waals surface area (Å²) in [7, 11) is 3.04. The smallest absolute Gasteiger partial charge is 0.329 e. The van der Waals surface area contributed by atoms with Gasteiger partial charge in [-0.25, -0.2) is 4.79 Å². The molecule has 14 heteroatoms. The van der Waals surface area contributed by atoms with E-state index in [1.54, 1.807) is 45.2 Å². The number of nitrogens with one attached hydrogen (secondary N) is 2. The summed E-state index contributed by atoms with van der Waals surface area (Å²) in [6.45, 7) is 13.0. The van der Waals surface area contributed by atoms with Crippen LogP contribution in [0.3, 0.4) is 0 Å². The zero-order valence-corrected chi connectivity index (χ0v) is 32.9. The Morgan fingerprint density at radius 3 is 2.17 bits per heavy atom. The van der Waals surface area contributed by atoms with Crippen molar-refractivity contribution in [3.05, 3.63) is 29.8 Å². The first kappa shape index (κ1) is 43.2. The third-order valence-electron chi connectivity index (χ3n) is 10.4. The van der Waals surface area contributed by atoms with Gasteiger partial charge in [-0.2, -0.15) is 0 Å². The van der Waals surface area contributed by atoms with E-state index >= 15 is 0 Å². The maximum absolute atomic E-state index is 14.3. The molecule has 4 N–H and O–H groups in total. The lowest BCUT2D eigenvalue weighted by atomic mass is 9.94. The average Bonchev–Trinajstić information content (AvgIpc) is 3.62. The fraction of sp³-hybridized carbons (Fsp3) is 0.692. The first-order chi connectivity index (χ1) is 25.0. The number of nitrogens with zero attached hydrogens (tertiary/aromatic N) is 2. The number of hydrogen-bond donors (Lipinski definition) is 3. The molecule has 2 aliphatic rings. The average molecular weight is 744 g/mol. The minimum absolute atomic E-state index is 0.00270. The fourth-order valence-corrected chi connectivity index (χ4v) is 6.76. The van der Waals surface area contributed by atoms with Gasteiger partial charge in [0, 0.05) is 32.5 Å². The summed E-state index contributed by atoms with van der Waals surface area (Å²) in [5, 5.41) is 5.77. The number of hydrogen-bond acceptors (Lipinski definition) is 10. The number of fused-ring (bicyclic) bond motifs is 1. The summed E-state index contributed by atoms with van der Waals surface area (Å²) in [5.74, 6) is -3.29. The van der Waals surface area contributed by atoms with Gasteiger partial charge in [-0.1, -0.05) is 60.1 Å². The van der Waals surface area contributed by atoms with E-state index in [9.17, 15) is 28.8 Å². The molecule has 0 aliphatic carbocycles. The van der Waals surface area contributed by atoms with Crippen LogP contribution in [0, 0.1) is 17.8 Å². The number of carbonyl (C=O) groups excluding carboxylic acids is 6. The number of benzene rings is 1. The van der Waals surface area contributed by atoms with Gasteiger partial charge >= 0.3 is 11.9 Å². The van der Waals surface area contributed by atoms with Crippen LogP contribution in [0.5, 0.6) is 5.75 Å². The van der Waals surface area contributed by atoms with Crippen LogP contribution in [0.4, 0.5) is 0 Å². The molecule has 0 aromatic heterocycles. The molecule has 1 aromatic carbocycles. The van der Waals surface area contributed by atoms with E-state index in [-0.39, 0.29) is 44.1 Å². The van der Waals surface area contributed by atoms with Crippen LogP contribution < -0.4 is 21.1 Å². The molecule has 8 atom stereocenters. The Balaban J connectivity index is 2.07. The molecule has 0 radical (unpaired) electrons. The number of cyclic esters (lactones) is 2. The first-order valence-corrected chi connectivity index (χ1v) is 18.9. The van der Waals surface area contributed by atoms with Crippen LogP contribution >= 0.6 is 0 Å². The molecule has 2 fully saturated rings. The molecule has 1 aromatic rings. The SMILES string of the molecule is CC[C@H](C)[C@@H]1CCC(=O)O[C@@H](C(C)C)C(=O)N[C@@H](CC(C)C)C(=O)N2CCC[C@H]2C(=O)N(C)[C@@H](Cc2ccc(OC)cc2)C(=O)O[C@H](C)[C@H](N)C(=O)N1. The molecule has 2 aliphatic heterocycles. The Bertz CT molecular complexity index is 1430. The van der Waals surface area contributed by atoms with E-state index in [4.69, 9.17) is 19.9 Å². The second-order valence-corrected chi connectivity index (χ2v) is 15.3. The highest BCUT2D eigenvalue weighted by molar-refractivity contribution is 5.95. The maximum Gasteiger partial charge on any atom is 0.329 e. The van der Waals surface area contributed by atoms with Crippen molar-refractivity contribution in [2.24, 2.45) is 23.5 Å². The molecule has 2 saturated heterocycles. The van der Waals surface area contributed by atoms with Crippen LogP contribution in [0.15, 0.2) is 24.3 Å². The number of nitrogens with two attached hydrogens (primary N) is 1. The largest absolute Gasteiger partial charge is 0.497 e. The van der Waals surface area contributed by atoms with E-state index in [1.807, 2.05) is 27.7 Å². The molecule has 296 valence electrons. The van der Waals surface area contributed by atoms with Crippen molar-refractivity contribution in [1.29, 1.82) is 0 Å². The van der Waals surface area contributed by atoms with Crippen molar-refractivity contribution >= 4 is 35.6 Å². The molecule has 4 amide bonds. The molecule has 0 saturated carbocycles. The summed E-state index contributed by atoms with van der Waals surface area (Å²) < 4.78 is 16.8. The third kappa shape index (κ3) is 11.6. The quantitative estimate of drug-likeness (QED) is 0.335. The number of ether oxygens (including phenoxy) is 3. The lowest BCUT2D eigenvalue weighted by molar-refractivity contribution is -0.161. The number of amides is 4. The first-order valence-electron chi connectivity index (χ1n) is 18.9. The van der Waals surface area contributed by atoms with E-state index in [2.05, 4.69) is 10.6 Å². The summed E-state index contributed by atoms with van der Waals surface area (Å²) in [6.07, 6.45) is -0.174. The Hall–Kier alpha value is -4.20. The lowest BCUT2D eigenvalue weighted by Gasteiger charge is -2.35. The van der Waals surface area contributed by atoms with Gasteiger partial charge in [0.15, 0.2) is 6.10 Å². The monoisotopic (exact) mass is 743 g/mol. The van der Waals surface area contributed by atoms with Crippen LogP contribution in [0.25, 0.3) is 0 Å². The molecule has 14 nitrogen and oxygen atoms in total. The summed E-state index contributed by atoms with van der Waals surface area (Å²) in [4.78, 5) is 85.6. The van der Waals surface area contributed by atoms with E-state index in [0.717, 1.165) is 5.56 Å². The third-order valence-corrected chi connectivity index (χ3v) is 10.4. The Kier molecular flexibility index (Phi) is 16.1. The highest BCUT2D eigenvalue weighted by Gasteiger charge is 2.43. The van der Waals surface area contributed by atoms with Gasteiger partial charge < -0.3 is 40.4 Å². The van der Waals surface area contributed by atoms with Crippen LogP contribution in [0.2, 0.25) is 0 Å². The van der Waals surface area contributed by atoms with E-state index < -0.39 is 83.9 Å². The Labute approximate surface area is 314 Å². The van der Waals surface area contributed by atoms with Crippen LogP contribution in [-0.4, -0.2) is 108 Å². The summed E-state index contributed by atoms with van der Waals surface area (Å²) in [5.41, 5.74) is 7.07. The number of esters is 2. The summed E-state index contributed by atoms with van der Waals surface area (Å²) >= 11 is 0. The van der Waals surface area contributed by atoms with Crippen molar-refractivity contribution in [2.75, 3.05) is 20.7 Å². The Morgan fingerprint density at radius 2 is 1.58 bits per heavy atom. The Morgan fingerprint density at radius 1 is 0.925 bits per heavy atom. The lowest BCUT2D eigenvalue weighted by Crippen LogP contribution is -2.58. The summed E-state index contributed by atoms with van der Waals surface area (Å²) in [6, 6.07) is 2.31. The van der Waals surface area contributed by atoms with Gasteiger partial charge in [0.25, 0.3) is 5.91 Å². The fourth-order valence-electron chi connectivity index (χ4n) is 6.76. The molecular formula is C39H61N5O9. The molecule has 0 bridgehead atoms. The molecular weight excluding hydrogens is 682 g/mol. The van der Waals surface area contributed by atoms with Gasteiger partial charge in [-0.15, -0.1) is 0 Å². The number of rotatable bonds is 8. The predicted octanol–water partition coefficient (Wildman–Crippen LogP) is 2.74. The topological polar surface area (TPSA) is 187 Å². The van der Waals surface area contributed by atoms with Crippen molar-refractivity contribution in [1.82, 2.24) is 20.4 Å². The molecule has 53 heavy (non-hydrogen) atoms. The van der Waals surface area contributed by atoms with Gasteiger partial charge in [-0.05, 0) is 68.1 Å². The normalized spacial score (nSPS) is 28.1. The van der Waals surface area contributed by atoms with Gasteiger partial charge in [0.05, 0.1) is 7.11 Å². The second-order valence-electron chi connectivity index (χ2n) is 15.3. The van der Waals surface area contributed by atoms with Crippen molar-refractivity contribution in [3.63, 3.8) is 0 Å². The predicted molar refractivity (Wildman–Crippen MR) is 198 cm³/mol. The van der Waals surface area contributed by atoms with Gasteiger partial charge in [-0.3, -0.25) is 24.0 Å². The number of methoxy groups -OCH3 is 1. The second kappa shape index (κ2) is 19.8. The minimum atomic E-state index is -1.26. The van der Waals surface area contributed by atoms with Crippen LogP contribution in [-0.2, 0) is 44.7 Å². The highest BCUT2D eigenvalue weighted by atomic mass is 16.6. The van der Waals surface area contributed by atoms with Crippen molar-refractivity contribution < 1.29 is 43.0 Å². The van der Waals surface area contributed by atoms with E-state index in [1.165, 1.54) is 23.8 Å². The van der Waals surface area contributed by atoms with Gasteiger partial charge in [0.1, 0.15) is 36.0 Å².